The van der Waals surface area contributed by atoms with Crippen molar-refractivity contribution in [3.8, 4) is 0 Å². The summed E-state index contributed by atoms with van der Waals surface area (Å²) in [5, 5.41) is 12.6. The number of aliphatic hydroxyl groups is 1. The molecule has 1 aromatic carbocycles. The number of hydrogen-bond acceptors (Lipinski definition) is 2. The molecule has 1 saturated carbocycles. The number of rotatable bonds is 5. The van der Waals surface area contributed by atoms with Crippen LogP contribution in [-0.4, -0.2) is 18.3 Å². The molecule has 1 aliphatic rings. The minimum atomic E-state index is -0.243. The normalized spacial score (nSPS) is 17.4. The maximum Gasteiger partial charge on any atom is 0.123 e. The molecule has 1 atom stereocenters. The molecule has 16 heavy (non-hydrogen) atoms. The fraction of sp³-hybridized carbons (Fsp3) is 0.538. The van der Waals surface area contributed by atoms with Crippen molar-refractivity contribution in [3.63, 3.8) is 0 Å². The lowest BCUT2D eigenvalue weighted by atomic mass is 10.0. The highest BCUT2D eigenvalue weighted by molar-refractivity contribution is 5.29. The predicted molar refractivity (Wildman–Crippen MR) is 61.7 cm³/mol. The zero-order valence-electron chi connectivity index (χ0n) is 9.54. The number of aliphatic hydroxyl groups excluding tert-OH is 1. The zero-order valence-corrected chi connectivity index (χ0v) is 9.54. The van der Waals surface area contributed by atoms with Gasteiger partial charge in [-0.15, -0.1) is 0 Å². The Morgan fingerprint density at radius 3 is 2.88 bits per heavy atom. The molecule has 88 valence electrons. The van der Waals surface area contributed by atoms with Gasteiger partial charge in [0.05, 0.1) is 12.6 Å². The Morgan fingerprint density at radius 1 is 1.50 bits per heavy atom. The number of nitrogens with one attached hydrogen (secondary N) is 1. The molecule has 1 aliphatic carbocycles. The summed E-state index contributed by atoms with van der Waals surface area (Å²) < 4.78 is 13.1. The Kier molecular flexibility index (Phi) is 3.56. The Hall–Kier alpha value is -0.930. The van der Waals surface area contributed by atoms with Gasteiger partial charge in [0.2, 0.25) is 0 Å². The summed E-state index contributed by atoms with van der Waals surface area (Å²) in [5.74, 6) is 0.509. The SMILES string of the molecule is Cc1ccc(F)cc1C(CO)NCC1CC1. The zero-order chi connectivity index (χ0) is 11.5. The van der Waals surface area contributed by atoms with Crippen LogP contribution in [0.2, 0.25) is 0 Å². The molecule has 0 radical (unpaired) electrons. The van der Waals surface area contributed by atoms with Gasteiger partial charge in [-0.3, -0.25) is 0 Å². The minimum absolute atomic E-state index is 0.0109. The van der Waals surface area contributed by atoms with Gasteiger partial charge in [-0.05, 0) is 55.5 Å². The second kappa shape index (κ2) is 4.93. The lowest BCUT2D eigenvalue weighted by Gasteiger charge is -2.18. The van der Waals surface area contributed by atoms with Gasteiger partial charge in [-0.1, -0.05) is 6.07 Å². The molecular formula is C13H18FNO. The van der Waals surface area contributed by atoms with E-state index in [0.717, 1.165) is 23.6 Å². The highest BCUT2D eigenvalue weighted by atomic mass is 19.1. The van der Waals surface area contributed by atoms with E-state index < -0.39 is 0 Å². The first-order chi connectivity index (χ1) is 7.70. The second-order valence-corrected chi connectivity index (χ2v) is 4.59. The van der Waals surface area contributed by atoms with E-state index in [-0.39, 0.29) is 18.5 Å². The summed E-state index contributed by atoms with van der Waals surface area (Å²) in [6.45, 7) is 2.87. The molecule has 0 bridgehead atoms. The maximum absolute atomic E-state index is 13.1. The number of hydrogen-bond donors (Lipinski definition) is 2. The van der Waals surface area contributed by atoms with Crippen LogP contribution in [0.5, 0.6) is 0 Å². The molecule has 0 heterocycles. The highest BCUT2D eigenvalue weighted by Crippen LogP contribution is 2.29. The van der Waals surface area contributed by atoms with Crippen LogP contribution in [0, 0.1) is 18.7 Å². The fourth-order valence-electron chi connectivity index (χ4n) is 1.89. The van der Waals surface area contributed by atoms with Crippen molar-refractivity contribution < 1.29 is 9.50 Å². The molecule has 1 aromatic rings. The van der Waals surface area contributed by atoms with Crippen LogP contribution in [0.3, 0.4) is 0 Å². The van der Waals surface area contributed by atoms with Crippen molar-refractivity contribution in [3.05, 3.63) is 35.1 Å². The van der Waals surface area contributed by atoms with Gasteiger partial charge in [0.25, 0.3) is 0 Å². The number of halogens is 1. The lowest BCUT2D eigenvalue weighted by Crippen LogP contribution is -2.27. The molecule has 3 heteroatoms. The third-order valence-corrected chi connectivity index (χ3v) is 3.15. The van der Waals surface area contributed by atoms with Crippen LogP contribution < -0.4 is 5.32 Å². The second-order valence-electron chi connectivity index (χ2n) is 4.59. The van der Waals surface area contributed by atoms with Gasteiger partial charge in [0.15, 0.2) is 0 Å². The smallest absolute Gasteiger partial charge is 0.123 e. The van der Waals surface area contributed by atoms with Crippen LogP contribution >= 0.6 is 0 Å². The van der Waals surface area contributed by atoms with Crippen LogP contribution in [0.25, 0.3) is 0 Å². The summed E-state index contributed by atoms with van der Waals surface area (Å²) in [5.41, 5.74) is 1.88. The number of aryl methyl sites for hydroxylation is 1. The average molecular weight is 223 g/mol. The van der Waals surface area contributed by atoms with Gasteiger partial charge in [0.1, 0.15) is 5.82 Å². The van der Waals surface area contributed by atoms with Crippen LogP contribution in [-0.2, 0) is 0 Å². The molecule has 0 amide bonds. The molecule has 0 saturated heterocycles. The average Bonchev–Trinajstić information content (AvgIpc) is 3.07. The lowest BCUT2D eigenvalue weighted by molar-refractivity contribution is 0.243. The minimum Gasteiger partial charge on any atom is -0.394 e. The summed E-state index contributed by atoms with van der Waals surface area (Å²) in [4.78, 5) is 0. The Bertz CT molecular complexity index is 363. The van der Waals surface area contributed by atoms with E-state index in [1.807, 2.05) is 6.92 Å². The van der Waals surface area contributed by atoms with Crippen molar-refractivity contribution >= 4 is 0 Å². The topological polar surface area (TPSA) is 32.3 Å². The Morgan fingerprint density at radius 2 is 2.25 bits per heavy atom. The monoisotopic (exact) mass is 223 g/mol. The molecule has 2 nitrogen and oxygen atoms in total. The summed E-state index contributed by atoms with van der Waals surface area (Å²) in [6, 6.07) is 4.58. The standard InChI is InChI=1S/C13H18FNO/c1-9-2-5-11(14)6-12(9)13(8-16)15-7-10-3-4-10/h2,5-6,10,13,15-16H,3-4,7-8H2,1H3. The molecule has 2 N–H and O–H groups in total. The van der Waals surface area contributed by atoms with Crippen LogP contribution in [0.15, 0.2) is 18.2 Å². The highest BCUT2D eigenvalue weighted by Gasteiger charge is 2.23. The molecule has 1 unspecified atom stereocenters. The quantitative estimate of drug-likeness (QED) is 0.801. The maximum atomic E-state index is 13.1. The summed E-state index contributed by atoms with van der Waals surface area (Å²) >= 11 is 0. The van der Waals surface area contributed by atoms with Crippen molar-refractivity contribution in [1.29, 1.82) is 0 Å². The van der Waals surface area contributed by atoms with Crippen LogP contribution in [0.1, 0.15) is 30.0 Å². The molecular weight excluding hydrogens is 205 g/mol. The molecule has 0 aromatic heterocycles. The molecule has 0 aliphatic heterocycles. The Balaban J connectivity index is 2.07. The van der Waals surface area contributed by atoms with E-state index in [1.165, 1.54) is 25.0 Å². The number of benzene rings is 1. The summed E-state index contributed by atoms with van der Waals surface area (Å²) in [7, 11) is 0. The third kappa shape index (κ3) is 2.80. The van der Waals surface area contributed by atoms with Crippen molar-refractivity contribution in [1.82, 2.24) is 5.32 Å². The van der Waals surface area contributed by atoms with Gasteiger partial charge >= 0.3 is 0 Å². The van der Waals surface area contributed by atoms with Crippen LogP contribution in [0.4, 0.5) is 4.39 Å². The van der Waals surface area contributed by atoms with E-state index >= 15 is 0 Å². The largest absolute Gasteiger partial charge is 0.394 e. The first-order valence-electron chi connectivity index (χ1n) is 5.81. The van der Waals surface area contributed by atoms with Gasteiger partial charge in [0, 0.05) is 0 Å². The van der Waals surface area contributed by atoms with Crippen molar-refractivity contribution in [2.45, 2.75) is 25.8 Å². The first kappa shape index (κ1) is 11.6. The van der Waals surface area contributed by atoms with Gasteiger partial charge < -0.3 is 10.4 Å². The first-order valence-corrected chi connectivity index (χ1v) is 5.81. The van der Waals surface area contributed by atoms with Gasteiger partial charge in [-0.2, -0.15) is 0 Å². The van der Waals surface area contributed by atoms with Gasteiger partial charge in [-0.25, -0.2) is 4.39 Å². The molecule has 1 fully saturated rings. The fourth-order valence-corrected chi connectivity index (χ4v) is 1.89. The van der Waals surface area contributed by atoms with E-state index in [4.69, 9.17) is 0 Å². The van der Waals surface area contributed by atoms with E-state index in [2.05, 4.69) is 5.32 Å². The predicted octanol–water partition coefficient (Wildman–Crippen LogP) is 2.17. The Labute approximate surface area is 95.5 Å². The van der Waals surface area contributed by atoms with E-state index in [1.54, 1.807) is 6.07 Å². The summed E-state index contributed by atoms with van der Waals surface area (Å²) in [6.07, 6.45) is 2.54. The molecule has 2 rings (SSSR count). The third-order valence-electron chi connectivity index (χ3n) is 3.15. The molecule has 0 spiro atoms. The van der Waals surface area contributed by atoms with E-state index in [9.17, 15) is 9.50 Å². The van der Waals surface area contributed by atoms with E-state index in [0.29, 0.717) is 0 Å². The van der Waals surface area contributed by atoms with Crippen molar-refractivity contribution in [2.24, 2.45) is 5.92 Å². The van der Waals surface area contributed by atoms with Crippen molar-refractivity contribution in [2.75, 3.05) is 13.2 Å².